The van der Waals surface area contributed by atoms with Crippen LogP contribution in [0.3, 0.4) is 0 Å². The summed E-state index contributed by atoms with van der Waals surface area (Å²) >= 11 is 6.00. The number of rotatable bonds is 3. The normalized spacial score (nSPS) is 15.1. The molecule has 1 aliphatic rings. The van der Waals surface area contributed by atoms with Gasteiger partial charge < -0.3 is 5.32 Å². The van der Waals surface area contributed by atoms with Gasteiger partial charge in [-0.1, -0.05) is 17.7 Å². The quantitative estimate of drug-likeness (QED) is 0.829. The second kappa shape index (κ2) is 4.23. The third-order valence-corrected chi connectivity index (χ3v) is 2.95. The van der Waals surface area contributed by atoms with E-state index < -0.39 is 0 Å². The maximum Gasteiger partial charge on any atom is 0.124 e. The van der Waals surface area contributed by atoms with Crippen LogP contribution < -0.4 is 5.32 Å². The van der Waals surface area contributed by atoms with E-state index in [1.807, 2.05) is 0 Å². The van der Waals surface area contributed by atoms with Gasteiger partial charge in [-0.25, -0.2) is 4.39 Å². The molecule has 0 aliphatic heterocycles. The largest absolute Gasteiger partial charge is 0.388 e. The van der Waals surface area contributed by atoms with Crippen LogP contribution in [0.4, 0.5) is 4.39 Å². The third kappa shape index (κ3) is 2.00. The maximum atomic E-state index is 12.9. The van der Waals surface area contributed by atoms with Gasteiger partial charge in [0.1, 0.15) is 5.82 Å². The second-order valence-electron chi connectivity index (χ2n) is 3.61. The minimum absolute atomic E-state index is 0.284. The summed E-state index contributed by atoms with van der Waals surface area (Å²) in [5.74, 6) is -0.284. The lowest BCUT2D eigenvalue weighted by atomic mass is 9.88. The molecule has 80 valence electrons. The zero-order valence-electron chi connectivity index (χ0n) is 8.61. The van der Waals surface area contributed by atoms with Crippen molar-refractivity contribution in [2.24, 2.45) is 0 Å². The molecule has 15 heavy (non-hydrogen) atoms. The molecule has 0 radical (unpaired) electrons. The summed E-state index contributed by atoms with van der Waals surface area (Å²) in [6.07, 6.45) is 2.09. The van der Waals surface area contributed by atoms with Gasteiger partial charge in [-0.15, -0.1) is 0 Å². The lowest BCUT2D eigenvalue weighted by molar-refractivity contribution is 0.627. The first kappa shape index (κ1) is 10.5. The molecule has 1 aromatic rings. The molecule has 0 spiro atoms. The van der Waals surface area contributed by atoms with Crippen molar-refractivity contribution in [1.82, 2.24) is 5.32 Å². The van der Waals surface area contributed by atoms with Gasteiger partial charge in [-0.3, -0.25) is 0 Å². The van der Waals surface area contributed by atoms with E-state index in [1.165, 1.54) is 23.4 Å². The first-order valence-corrected chi connectivity index (χ1v) is 5.51. The highest BCUT2D eigenvalue weighted by molar-refractivity contribution is 6.32. The molecule has 1 nitrogen and oxygen atoms in total. The minimum atomic E-state index is -0.284. The van der Waals surface area contributed by atoms with E-state index in [2.05, 4.69) is 12.2 Å². The van der Waals surface area contributed by atoms with Crippen molar-refractivity contribution in [3.8, 4) is 0 Å². The molecule has 0 saturated heterocycles. The van der Waals surface area contributed by atoms with Crippen LogP contribution >= 0.6 is 11.6 Å². The first-order chi connectivity index (χ1) is 7.22. The van der Waals surface area contributed by atoms with Crippen molar-refractivity contribution < 1.29 is 4.39 Å². The van der Waals surface area contributed by atoms with Crippen LogP contribution in [0.2, 0.25) is 5.02 Å². The number of benzene rings is 1. The smallest absolute Gasteiger partial charge is 0.124 e. The van der Waals surface area contributed by atoms with Crippen LogP contribution in [0.5, 0.6) is 0 Å². The summed E-state index contributed by atoms with van der Waals surface area (Å²) in [6.45, 7) is 2.98. The summed E-state index contributed by atoms with van der Waals surface area (Å²) in [5, 5.41) is 3.80. The highest BCUT2D eigenvalue weighted by Crippen LogP contribution is 2.37. The maximum absolute atomic E-state index is 12.9. The molecule has 0 atom stereocenters. The Hall–Kier alpha value is -1.02. The molecule has 0 unspecified atom stereocenters. The van der Waals surface area contributed by atoms with E-state index in [0.717, 1.165) is 24.9 Å². The van der Waals surface area contributed by atoms with Crippen molar-refractivity contribution in [2.45, 2.75) is 19.8 Å². The lowest BCUT2D eigenvalue weighted by Crippen LogP contribution is -2.20. The van der Waals surface area contributed by atoms with E-state index in [0.29, 0.717) is 5.02 Å². The highest BCUT2D eigenvalue weighted by Gasteiger charge is 2.20. The van der Waals surface area contributed by atoms with Gasteiger partial charge in [-0.2, -0.15) is 0 Å². The van der Waals surface area contributed by atoms with Crippen LogP contribution in [0, 0.1) is 5.82 Å². The van der Waals surface area contributed by atoms with Gasteiger partial charge in [0, 0.05) is 12.2 Å². The average molecular weight is 226 g/mol. The zero-order valence-corrected chi connectivity index (χ0v) is 9.37. The van der Waals surface area contributed by atoms with Gasteiger partial charge in [0.2, 0.25) is 0 Å². The summed E-state index contributed by atoms with van der Waals surface area (Å²) in [4.78, 5) is 0. The molecule has 0 heterocycles. The molecule has 0 aromatic heterocycles. The van der Waals surface area contributed by atoms with Gasteiger partial charge in [0.25, 0.3) is 0 Å². The van der Waals surface area contributed by atoms with E-state index >= 15 is 0 Å². The first-order valence-electron chi connectivity index (χ1n) is 5.13. The third-order valence-electron chi connectivity index (χ3n) is 2.64. The van der Waals surface area contributed by atoms with Crippen molar-refractivity contribution in [3.05, 3.63) is 40.3 Å². The molecule has 0 saturated carbocycles. The fraction of sp³-hybridized carbons (Fsp3) is 0.333. The Bertz CT molecular complexity index is 412. The Morgan fingerprint density at radius 1 is 1.40 bits per heavy atom. The van der Waals surface area contributed by atoms with Crippen molar-refractivity contribution in [3.63, 3.8) is 0 Å². The summed E-state index contributed by atoms with van der Waals surface area (Å²) in [6, 6.07) is 4.57. The summed E-state index contributed by atoms with van der Waals surface area (Å²) in [5.41, 5.74) is 3.42. The molecule has 1 N–H and O–H groups in total. The molecule has 1 aliphatic carbocycles. The standard InChI is InChI=1S/C12H13ClFN/c1-2-15-12-6-5-10(12)9-4-3-8(14)7-11(9)13/h3-4,7,15H,2,5-6H2,1H3. The molecule has 3 heteroatoms. The Labute approximate surface area is 93.9 Å². The van der Waals surface area contributed by atoms with E-state index in [-0.39, 0.29) is 5.82 Å². The Balaban J connectivity index is 2.34. The number of halogens is 2. The van der Waals surface area contributed by atoms with Gasteiger partial charge in [-0.05, 0) is 43.0 Å². The van der Waals surface area contributed by atoms with Gasteiger partial charge in [0.15, 0.2) is 0 Å². The van der Waals surface area contributed by atoms with Crippen LogP contribution in [-0.4, -0.2) is 6.54 Å². The Morgan fingerprint density at radius 2 is 2.20 bits per heavy atom. The van der Waals surface area contributed by atoms with Crippen LogP contribution in [-0.2, 0) is 0 Å². The molecular weight excluding hydrogens is 213 g/mol. The number of allylic oxidation sites excluding steroid dienone is 2. The Kier molecular flexibility index (Phi) is 2.96. The SMILES string of the molecule is CCNC1=C(c2ccc(F)cc2Cl)CC1. The predicted octanol–water partition coefficient (Wildman–Crippen LogP) is 3.59. The highest BCUT2D eigenvalue weighted by atomic mass is 35.5. The van der Waals surface area contributed by atoms with E-state index in [1.54, 1.807) is 6.07 Å². The van der Waals surface area contributed by atoms with E-state index in [4.69, 9.17) is 11.6 Å². The second-order valence-corrected chi connectivity index (χ2v) is 4.02. The number of nitrogens with one attached hydrogen (secondary N) is 1. The minimum Gasteiger partial charge on any atom is -0.388 e. The summed E-state index contributed by atoms with van der Waals surface area (Å²) in [7, 11) is 0. The topological polar surface area (TPSA) is 12.0 Å². The van der Waals surface area contributed by atoms with Crippen LogP contribution in [0.1, 0.15) is 25.3 Å². The van der Waals surface area contributed by atoms with Crippen LogP contribution in [0.25, 0.3) is 5.57 Å². The molecule has 0 fully saturated rings. The lowest BCUT2D eigenvalue weighted by Gasteiger charge is -2.25. The zero-order chi connectivity index (χ0) is 10.8. The Morgan fingerprint density at radius 3 is 2.73 bits per heavy atom. The number of hydrogen-bond acceptors (Lipinski definition) is 1. The van der Waals surface area contributed by atoms with Gasteiger partial charge in [0.05, 0.1) is 5.02 Å². The summed E-state index contributed by atoms with van der Waals surface area (Å²) < 4.78 is 12.9. The molecule has 0 bridgehead atoms. The van der Waals surface area contributed by atoms with Crippen LogP contribution in [0.15, 0.2) is 23.9 Å². The fourth-order valence-corrected chi connectivity index (χ4v) is 2.10. The molecule has 2 rings (SSSR count). The number of hydrogen-bond donors (Lipinski definition) is 1. The average Bonchev–Trinajstić information content (AvgIpc) is 2.17. The monoisotopic (exact) mass is 225 g/mol. The molecule has 0 amide bonds. The predicted molar refractivity (Wildman–Crippen MR) is 61.2 cm³/mol. The van der Waals surface area contributed by atoms with Crippen molar-refractivity contribution in [2.75, 3.05) is 6.54 Å². The van der Waals surface area contributed by atoms with Crippen molar-refractivity contribution in [1.29, 1.82) is 0 Å². The molecular formula is C12H13ClFN. The van der Waals surface area contributed by atoms with Crippen molar-refractivity contribution >= 4 is 17.2 Å². The van der Waals surface area contributed by atoms with E-state index in [9.17, 15) is 4.39 Å². The van der Waals surface area contributed by atoms with Gasteiger partial charge >= 0.3 is 0 Å². The fourth-order valence-electron chi connectivity index (χ4n) is 1.81. The molecule has 1 aromatic carbocycles.